The van der Waals surface area contributed by atoms with Gasteiger partial charge in [-0.25, -0.2) is 4.39 Å². The number of rotatable bonds is 2. The van der Waals surface area contributed by atoms with Gasteiger partial charge >= 0.3 is 0 Å². The van der Waals surface area contributed by atoms with Crippen molar-refractivity contribution in [1.29, 1.82) is 0 Å². The fourth-order valence-electron chi connectivity index (χ4n) is 1.67. The highest BCUT2D eigenvalue weighted by Crippen LogP contribution is 2.21. The maximum absolute atomic E-state index is 12.8. The molecule has 1 heterocycles. The minimum absolute atomic E-state index is 0.251. The van der Waals surface area contributed by atoms with Crippen molar-refractivity contribution in [2.75, 3.05) is 0 Å². The smallest absolute Gasteiger partial charge is 0.123 e. The summed E-state index contributed by atoms with van der Waals surface area (Å²) >= 11 is 0. The summed E-state index contributed by atoms with van der Waals surface area (Å²) in [5.41, 5.74) is 8.98. The van der Waals surface area contributed by atoms with Crippen LogP contribution in [0.15, 0.2) is 30.5 Å². The van der Waals surface area contributed by atoms with Crippen molar-refractivity contribution in [3.8, 4) is 0 Å². The molecule has 0 amide bonds. The Bertz CT molecular complexity index is 487. The number of aromatic nitrogens is 2. The second kappa shape index (κ2) is 4.06. The third-order valence-corrected chi connectivity index (χ3v) is 2.84. The average molecular weight is 219 g/mol. The predicted molar refractivity (Wildman–Crippen MR) is 60.4 cm³/mol. The molecule has 1 atom stereocenters. The number of nitrogens with zero attached hydrogens (tertiary/aromatic N) is 2. The normalized spacial score (nSPS) is 12.8. The standard InChI is InChI=1S/C12H14FN3/c1-8-11(7-15-16(8)2)12(14)9-3-5-10(13)6-4-9/h3-7,12H,14H2,1-2H3. The molecule has 84 valence electrons. The topological polar surface area (TPSA) is 43.8 Å². The van der Waals surface area contributed by atoms with Crippen LogP contribution in [-0.4, -0.2) is 9.78 Å². The third-order valence-electron chi connectivity index (χ3n) is 2.84. The molecule has 0 saturated carbocycles. The van der Waals surface area contributed by atoms with Gasteiger partial charge in [-0.15, -0.1) is 0 Å². The minimum Gasteiger partial charge on any atom is -0.320 e. The Labute approximate surface area is 93.7 Å². The monoisotopic (exact) mass is 219 g/mol. The van der Waals surface area contributed by atoms with Crippen LogP contribution in [0, 0.1) is 12.7 Å². The van der Waals surface area contributed by atoms with Crippen LogP contribution in [0.2, 0.25) is 0 Å². The van der Waals surface area contributed by atoms with E-state index < -0.39 is 0 Å². The lowest BCUT2D eigenvalue weighted by Gasteiger charge is -2.11. The predicted octanol–water partition coefficient (Wildman–Crippen LogP) is 1.92. The van der Waals surface area contributed by atoms with E-state index >= 15 is 0 Å². The second-order valence-corrected chi connectivity index (χ2v) is 3.84. The third kappa shape index (κ3) is 1.84. The van der Waals surface area contributed by atoms with Gasteiger partial charge in [0.2, 0.25) is 0 Å². The van der Waals surface area contributed by atoms with E-state index in [0.29, 0.717) is 0 Å². The van der Waals surface area contributed by atoms with E-state index in [0.717, 1.165) is 16.8 Å². The Morgan fingerprint density at radius 1 is 1.31 bits per heavy atom. The van der Waals surface area contributed by atoms with E-state index in [1.807, 2.05) is 14.0 Å². The molecule has 2 N–H and O–H groups in total. The van der Waals surface area contributed by atoms with Gasteiger partial charge in [0, 0.05) is 18.3 Å². The van der Waals surface area contributed by atoms with Gasteiger partial charge in [-0.3, -0.25) is 4.68 Å². The van der Waals surface area contributed by atoms with Gasteiger partial charge in [-0.1, -0.05) is 12.1 Å². The molecular formula is C12H14FN3. The van der Waals surface area contributed by atoms with E-state index in [4.69, 9.17) is 5.73 Å². The van der Waals surface area contributed by atoms with Gasteiger partial charge in [-0.05, 0) is 24.6 Å². The van der Waals surface area contributed by atoms with Crippen LogP contribution in [0.4, 0.5) is 4.39 Å². The highest BCUT2D eigenvalue weighted by molar-refractivity contribution is 5.32. The Hall–Kier alpha value is -1.68. The van der Waals surface area contributed by atoms with Crippen LogP contribution in [0.1, 0.15) is 22.9 Å². The molecule has 4 heteroatoms. The van der Waals surface area contributed by atoms with Crippen LogP contribution in [0.3, 0.4) is 0 Å². The zero-order chi connectivity index (χ0) is 11.7. The SMILES string of the molecule is Cc1c(C(N)c2ccc(F)cc2)cnn1C. The van der Waals surface area contributed by atoms with Crippen molar-refractivity contribution in [3.63, 3.8) is 0 Å². The molecule has 2 rings (SSSR count). The van der Waals surface area contributed by atoms with Crippen molar-refractivity contribution < 1.29 is 4.39 Å². The first kappa shape index (κ1) is 10.8. The van der Waals surface area contributed by atoms with Gasteiger partial charge in [0.25, 0.3) is 0 Å². The van der Waals surface area contributed by atoms with Crippen molar-refractivity contribution in [3.05, 3.63) is 53.1 Å². The van der Waals surface area contributed by atoms with Crippen molar-refractivity contribution in [1.82, 2.24) is 9.78 Å². The highest BCUT2D eigenvalue weighted by Gasteiger charge is 2.14. The molecule has 0 bridgehead atoms. The van der Waals surface area contributed by atoms with Crippen molar-refractivity contribution >= 4 is 0 Å². The molecule has 1 unspecified atom stereocenters. The fourth-order valence-corrected chi connectivity index (χ4v) is 1.67. The molecular weight excluding hydrogens is 205 g/mol. The highest BCUT2D eigenvalue weighted by atomic mass is 19.1. The van der Waals surface area contributed by atoms with Crippen LogP contribution < -0.4 is 5.73 Å². The maximum atomic E-state index is 12.8. The summed E-state index contributed by atoms with van der Waals surface area (Å²) in [6, 6.07) is 5.98. The fraction of sp³-hybridized carbons (Fsp3) is 0.250. The average Bonchev–Trinajstić information content (AvgIpc) is 2.60. The Morgan fingerprint density at radius 2 is 1.94 bits per heavy atom. The summed E-state index contributed by atoms with van der Waals surface area (Å²) in [5.74, 6) is -0.251. The van der Waals surface area contributed by atoms with Crippen LogP contribution in [-0.2, 0) is 7.05 Å². The first-order valence-corrected chi connectivity index (χ1v) is 5.09. The summed E-state index contributed by atoms with van der Waals surface area (Å²) < 4.78 is 14.6. The lowest BCUT2D eigenvalue weighted by molar-refractivity contribution is 0.626. The first-order chi connectivity index (χ1) is 7.59. The molecule has 0 aliphatic carbocycles. The number of aryl methyl sites for hydroxylation is 1. The zero-order valence-electron chi connectivity index (χ0n) is 9.31. The van der Waals surface area contributed by atoms with Gasteiger partial charge in [0.1, 0.15) is 5.82 Å². The van der Waals surface area contributed by atoms with E-state index in [-0.39, 0.29) is 11.9 Å². The van der Waals surface area contributed by atoms with Gasteiger partial charge < -0.3 is 5.73 Å². The summed E-state index contributed by atoms with van der Waals surface area (Å²) in [5, 5.41) is 4.14. The lowest BCUT2D eigenvalue weighted by Crippen LogP contribution is -2.12. The van der Waals surface area contributed by atoms with Crippen LogP contribution in [0.5, 0.6) is 0 Å². The number of nitrogens with two attached hydrogens (primary N) is 1. The van der Waals surface area contributed by atoms with E-state index in [1.165, 1.54) is 12.1 Å². The van der Waals surface area contributed by atoms with Gasteiger partial charge in [0.15, 0.2) is 0 Å². The van der Waals surface area contributed by atoms with E-state index in [9.17, 15) is 4.39 Å². The minimum atomic E-state index is -0.255. The largest absolute Gasteiger partial charge is 0.320 e. The van der Waals surface area contributed by atoms with Gasteiger partial charge in [-0.2, -0.15) is 5.10 Å². The van der Waals surface area contributed by atoms with Gasteiger partial charge in [0.05, 0.1) is 12.2 Å². The van der Waals surface area contributed by atoms with Crippen LogP contribution in [0.25, 0.3) is 0 Å². The van der Waals surface area contributed by atoms with E-state index in [2.05, 4.69) is 5.10 Å². The van der Waals surface area contributed by atoms with E-state index in [1.54, 1.807) is 23.0 Å². The van der Waals surface area contributed by atoms with Crippen molar-refractivity contribution in [2.24, 2.45) is 12.8 Å². The molecule has 0 spiro atoms. The summed E-state index contributed by atoms with van der Waals surface area (Å²) in [6.45, 7) is 1.96. The molecule has 0 aliphatic heterocycles. The Morgan fingerprint density at radius 3 is 2.44 bits per heavy atom. The molecule has 0 radical (unpaired) electrons. The molecule has 0 fully saturated rings. The Kier molecular flexibility index (Phi) is 2.75. The molecule has 0 saturated heterocycles. The number of benzene rings is 1. The molecule has 0 aliphatic rings. The molecule has 3 nitrogen and oxygen atoms in total. The summed E-state index contributed by atoms with van der Waals surface area (Å²) in [7, 11) is 1.87. The summed E-state index contributed by atoms with van der Waals surface area (Å²) in [4.78, 5) is 0. The number of halogens is 1. The molecule has 2 aromatic rings. The second-order valence-electron chi connectivity index (χ2n) is 3.84. The zero-order valence-corrected chi connectivity index (χ0v) is 9.31. The lowest BCUT2D eigenvalue weighted by atomic mass is 10.0. The molecule has 16 heavy (non-hydrogen) atoms. The number of hydrogen-bond acceptors (Lipinski definition) is 2. The number of hydrogen-bond donors (Lipinski definition) is 1. The van der Waals surface area contributed by atoms with Crippen molar-refractivity contribution in [2.45, 2.75) is 13.0 Å². The maximum Gasteiger partial charge on any atom is 0.123 e. The first-order valence-electron chi connectivity index (χ1n) is 5.09. The quantitative estimate of drug-likeness (QED) is 0.838. The molecule has 1 aromatic carbocycles. The molecule has 1 aromatic heterocycles. The van der Waals surface area contributed by atoms with Crippen LogP contribution >= 0.6 is 0 Å². The summed E-state index contributed by atoms with van der Waals surface area (Å²) in [6.07, 6.45) is 1.75. The Balaban J connectivity index is 2.35.